The minimum Gasteiger partial charge on any atom is -0.507 e. The van der Waals surface area contributed by atoms with Crippen molar-refractivity contribution < 1.29 is 13.5 Å². The zero-order chi connectivity index (χ0) is 22.1. The highest BCUT2D eigenvalue weighted by Gasteiger charge is 2.28. The molecule has 0 fully saturated rings. The van der Waals surface area contributed by atoms with Gasteiger partial charge in [-0.05, 0) is 29.1 Å². The zero-order valence-corrected chi connectivity index (χ0v) is 18.0. The molecule has 0 aliphatic rings. The quantitative estimate of drug-likeness (QED) is 0.360. The third-order valence-electron chi connectivity index (χ3n) is 5.63. The van der Waals surface area contributed by atoms with E-state index in [0.29, 0.717) is 21.8 Å². The predicted molar refractivity (Wildman–Crippen MR) is 129 cm³/mol. The molecule has 0 aliphatic heterocycles. The molecular weight excluding hydrogens is 418 g/mol. The number of anilines is 1. The number of phenolic OH excluding ortho intramolecular Hbond substituents is 1. The van der Waals surface area contributed by atoms with Gasteiger partial charge in [-0.3, -0.25) is 4.31 Å². The lowest BCUT2D eigenvalue weighted by atomic mass is 10.1. The maximum atomic E-state index is 14.1. The van der Waals surface area contributed by atoms with E-state index in [-0.39, 0.29) is 17.2 Å². The van der Waals surface area contributed by atoms with Crippen LogP contribution in [0.15, 0.2) is 114 Å². The summed E-state index contributed by atoms with van der Waals surface area (Å²) in [4.78, 5) is 0.253. The van der Waals surface area contributed by atoms with Crippen LogP contribution in [0.2, 0.25) is 0 Å². The third kappa shape index (κ3) is 3.47. The number of hydrogen-bond donors (Lipinski definition) is 1. The van der Waals surface area contributed by atoms with Crippen molar-refractivity contribution in [1.29, 1.82) is 0 Å². The van der Waals surface area contributed by atoms with E-state index < -0.39 is 10.0 Å². The second-order valence-corrected chi connectivity index (χ2v) is 9.45. The van der Waals surface area contributed by atoms with Crippen LogP contribution in [0.4, 0.5) is 5.69 Å². The molecule has 0 unspecified atom stereocenters. The van der Waals surface area contributed by atoms with Crippen molar-refractivity contribution >= 4 is 37.3 Å². The number of rotatable bonds is 5. The SMILES string of the molecule is O=S(=O)(c1cccc2ccccc12)N(Cc1ccccc1)c1cccc2c(O)cccc12. The summed E-state index contributed by atoms with van der Waals surface area (Å²) in [6.07, 6.45) is 0. The molecule has 0 amide bonds. The van der Waals surface area contributed by atoms with Crippen molar-refractivity contribution in [3.05, 3.63) is 115 Å². The maximum Gasteiger partial charge on any atom is 0.265 e. The molecule has 0 saturated carbocycles. The van der Waals surface area contributed by atoms with E-state index in [1.165, 1.54) is 4.31 Å². The summed E-state index contributed by atoms with van der Waals surface area (Å²) in [5.41, 5.74) is 1.39. The first kappa shape index (κ1) is 20.1. The summed E-state index contributed by atoms with van der Waals surface area (Å²) in [6, 6.07) is 32.8. The van der Waals surface area contributed by atoms with Crippen molar-refractivity contribution in [2.24, 2.45) is 0 Å². The molecule has 0 aromatic heterocycles. The Bertz CT molecular complexity index is 1520. The van der Waals surface area contributed by atoms with Gasteiger partial charge in [-0.25, -0.2) is 8.42 Å². The lowest BCUT2D eigenvalue weighted by Gasteiger charge is -2.27. The zero-order valence-electron chi connectivity index (χ0n) is 17.2. The molecule has 158 valence electrons. The molecule has 5 aromatic rings. The first-order valence-corrected chi connectivity index (χ1v) is 11.7. The summed E-state index contributed by atoms with van der Waals surface area (Å²) < 4.78 is 29.7. The minimum absolute atomic E-state index is 0.117. The van der Waals surface area contributed by atoms with E-state index in [2.05, 4.69) is 0 Å². The topological polar surface area (TPSA) is 57.6 Å². The highest BCUT2D eigenvalue weighted by atomic mass is 32.2. The molecule has 0 atom stereocenters. The van der Waals surface area contributed by atoms with E-state index in [9.17, 15) is 13.5 Å². The third-order valence-corrected chi connectivity index (χ3v) is 7.45. The second kappa shape index (κ2) is 8.02. The van der Waals surface area contributed by atoms with E-state index in [4.69, 9.17) is 0 Å². The Hall–Kier alpha value is -3.83. The van der Waals surface area contributed by atoms with Crippen LogP contribution in [0.1, 0.15) is 5.56 Å². The molecule has 0 spiro atoms. The van der Waals surface area contributed by atoms with Gasteiger partial charge in [-0.1, -0.05) is 91.0 Å². The molecule has 0 radical (unpaired) electrons. The van der Waals surface area contributed by atoms with Crippen LogP contribution in [-0.4, -0.2) is 13.5 Å². The number of sulfonamides is 1. The fourth-order valence-electron chi connectivity index (χ4n) is 4.08. The molecule has 0 bridgehead atoms. The molecule has 5 rings (SSSR count). The standard InChI is InChI=1S/C27H21NO3S/c29-26-17-8-14-23-24(26)15-7-16-25(23)28(19-20-9-2-1-3-10-20)32(30,31)27-18-6-12-21-11-4-5-13-22(21)27/h1-18,29H,19H2. The number of aromatic hydroxyl groups is 1. The maximum absolute atomic E-state index is 14.1. The van der Waals surface area contributed by atoms with Crippen LogP contribution in [0, 0.1) is 0 Å². The Morgan fingerprint density at radius 1 is 0.625 bits per heavy atom. The van der Waals surface area contributed by atoms with Crippen molar-refractivity contribution in [3.63, 3.8) is 0 Å². The van der Waals surface area contributed by atoms with Crippen LogP contribution in [0.5, 0.6) is 5.75 Å². The Morgan fingerprint density at radius 2 is 1.25 bits per heavy atom. The second-order valence-electron chi connectivity index (χ2n) is 7.62. The van der Waals surface area contributed by atoms with Crippen molar-refractivity contribution in [3.8, 4) is 5.75 Å². The largest absolute Gasteiger partial charge is 0.507 e. The van der Waals surface area contributed by atoms with Crippen LogP contribution < -0.4 is 4.31 Å². The van der Waals surface area contributed by atoms with Gasteiger partial charge in [0.25, 0.3) is 10.0 Å². The average Bonchev–Trinajstić information content (AvgIpc) is 2.83. The van der Waals surface area contributed by atoms with Gasteiger partial charge >= 0.3 is 0 Å². The molecular formula is C27H21NO3S. The average molecular weight is 440 g/mol. The number of phenols is 1. The summed E-state index contributed by atoms with van der Waals surface area (Å²) in [6.45, 7) is 0.168. The van der Waals surface area contributed by atoms with E-state index >= 15 is 0 Å². The normalized spacial score (nSPS) is 11.6. The van der Waals surface area contributed by atoms with Crippen molar-refractivity contribution in [1.82, 2.24) is 0 Å². The predicted octanol–water partition coefficient (Wildman–Crippen LogP) is 6.09. The van der Waals surface area contributed by atoms with Gasteiger partial charge < -0.3 is 5.11 Å². The number of benzene rings is 5. The van der Waals surface area contributed by atoms with E-state index in [0.717, 1.165) is 10.9 Å². The first-order chi connectivity index (χ1) is 15.6. The summed E-state index contributed by atoms with van der Waals surface area (Å²) in [7, 11) is -3.93. The minimum atomic E-state index is -3.93. The fourth-order valence-corrected chi connectivity index (χ4v) is 5.77. The molecule has 32 heavy (non-hydrogen) atoms. The molecule has 5 heteroatoms. The molecule has 5 aromatic carbocycles. The Kier molecular flexibility index (Phi) is 5.04. The number of nitrogens with zero attached hydrogens (tertiary/aromatic N) is 1. The van der Waals surface area contributed by atoms with E-state index in [1.54, 1.807) is 42.5 Å². The number of hydrogen-bond acceptors (Lipinski definition) is 3. The molecule has 4 nitrogen and oxygen atoms in total. The fraction of sp³-hybridized carbons (Fsp3) is 0.0370. The van der Waals surface area contributed by atoms with Gasteiger partial charge in [0.1, 0.15) is 5.75 Å². The molecule has 0 saturated heterocycles. The van der Waals surface area contributed by atoms with E-state index in [1.807, 2.05) is 66.7 Å². The van der Waals surface area contributed by atoms with Crippen molar-refractivity contribution in [2.45, 2.75) is 11.4 Å². The molecule has 1 N–H and O–H groups in total. The summed E-state index contributed by atoms with van der Waals surface area (Å²) in [5.74, 6) is 0.117. The highest BCUT2D eigenvalue weighted by molar-refractivity contribution is 7.93. The van der Waals surface area contributed by atoms with Gasteiger partial charge in [-0.2, -0.15) is 0 Å². The van der Waals surface area contributed by atoms with Crippen LogP contribution in [0.3, 0.4) is 0 Å². The smallest absolute Gasteiger partial charge is 0.265 e. The summed E-state index contributed by atoms with van der Waals surface area (Å²) >= 11 is 0. The Morgan fingerprint density at radius 3 is 2.09 bits per heavy atom. The van der Waals surface area contributed by atoms with Crippen LogP contribution in [0.25, 0.3) is 21.5 Å². The van der Waals surface area contributed by atoms with Gasteiger partial charge in [-0.15, -0.1) is 0 Å². The van der Waals surface area contributed by atoms with Crippen molar-refractivity contribution in [2.75, 3.05) is 4.31 Å². The Labute approximate surface area is 187 Å². The van der Waals surface area contributed by atoms with Gasteiger partial charge in [0, 0.05) is 16.2 Å². The molecule has 0 aliphatic carbocycles. The molecule has 0 heterocycles. The Balaban J connectivity index is 1.77. The lowest BCUT2D eigenvalue weighted by Crippen LogP contribution is -2.31. The number of fused-ring (bicyclic) bond motifs is 2. The van der Waals surface area contributed by atoms with Gasteiger partial charge in [0.05, 0.1) is 17.1 Å². The van der Waals surface area contributed by atoms with Gasteiger partial charge in [0.15, 0.2) is 0 Å². The highest BCUT2D eigenvalue weighted by Crippen LogP contribution is 2.37. The monoisotopic (exact) mass is 439 g/mol. The van der Waals surface area contributed by atoms with Gasteiger partial charge in [0.2, 0.25) is 0 Å². The van der Waals surface area contributed by atoms with Crippen LogP contribution in [-0.2, 0) is 16.6 Å². The first-order valence-electron chi connectivity index (χ1n) is 10.3. The summed E-state index contributed by atoms with van der Waals surface area (Å²) in [5, 5.41) is 13.2. The van der Waals surface area contributed by atoms with Crippen LogP contribution >= 0.6 is 0 Å². The lowest BCUT2D eigenvalue weighted by molar-refractivity contribution is 0.481.